The van der Waals surface area contributed by atoms with E-state index in [4.69, 9.17) is 10.4 Å². The summed E-state index contributed by atoms with van der Waals surface area (Å²) in [6.07, 6.45) is 0. The van der Waals surface area contributed by atoms with Crippen LogP contribution in [0.15, 0.2) is 48.5 Å². The first kappa shape index (κ1) is 14.6. The van der Waals surface area contributed by atoms with Gasteiger partial charge >= 0.3 is 5.97 Å². The quantitative estimate of drug-likeness (QED) is 0.880. The van der Waals surface area contributed by atoms with Gasteiger partial charge in [-0.1, -0.05) is 30.3 Å². The molecule has 4 heteroatoms. The topological polar surface area (TPSA) is 73.1 Å². The van der Waals surface area contributed by atoms with Crippen LogP contribution >= 0.6 is 0 Å². The van der Waals surface area contributed by atoms with Gasteiger partial charge in [-0.2, -0.15) is 5.26 Å². The third kappa shape index (κ3) is 3.83. The van der Waals surface area contributed by atoms with E-state index in [1.54, 1.807) is 19.1 Å². The van der Waals surface area contributed by atoms with Crippen molar-refractivity contribution in [2.75, 3.05) is 5.32 Å². The number of carboxylic acids is 1. The number of anilines is 1. The molecule has 0 radical (unpaired) electrons. The molecular weight excluding hydrogens is 264 g/mol. The Morgan fingerprint density at radius 3 is 2.62 bits per heavy atom. The van der Waals surface area contributed by atoms with Gasteiger partial charge in [0.15, 0.2) is 0 Å². The maximum Gasteiger partial charge on any atom is 0.310 e. The highest BCUT2D eigenvalue weighted by Gasteiger charge is 2.12. The fourth-order valence-electron chi connectivity index (χ4n) is 1.97. The molecule has 0 aliphatic rings. The summed E-state index contributed by atoms with van der Waals surface area (Å²) >= 11 is 0. The van der Waals surface area contributed by atoms with Gasteiger partial charge in [-0.25, -0.2) is 0 Å². The average Bonchev–Trinajstić information content (AvgIpc) is 2.53. The maximum absolute atomic E-state index is 10.9. The Kier molecular flexibility index (Phi) is 4.57. The van der Waals surface area contributed by atoms with Crippen molar-refractivity contribution in [3.63, 3.8) is 0 Å². The minimum absolute atomic E-state index is 0.501. The van der Waals surface area contributed by atoms with E-state index in [2.05, 4.69) is 11.4 Å². The second kappa shape index (κ2) is 6.58. The summed E-state index contributed by atoms with van der Waals surface area (Å²) in [5.74, 6) is -1.33. The van der Waals surface area contributed by atoms with Crippen molar-refractivity contribution in [3.05, 3.63) is 65.2 Å². The lowest BCUT2D eigenvalue weighted by Gasteiger charge is -2.09. The van der Waals surface area contributed by atoms with Gasteiger partial charge in [0.05, 0.1) is 17.6 Å². The Morgan fingerprint density at radius 1 is 1.29 bits per heavy atom. The molecule has 0 amide bonds. The molecule has 0 bridgehead atoms. The third-order valence-electron chi connectivity index (χ3n) is 3.34. The zero-order valence-electron chi connectivity index (χ0n) is 11.7. The fraction of sp³-hybridized carbons (Fsp3) is 0.176. The first-order chi connectivity index (χ1) is 10.1. The first-order valence-electron chi connectivity index (χ1n) is 6.66. The molecule has 106 valence electrons. The van der Waals surface area contributed by atoms with Crippen LogP contribution in [0.4, 0.5) is 5.69 Å². The van der Waals surface area contributed by atoms with Crippen molar-refractivity contribution in [2.24, 2.45) is 0 Å². The van der Waals surface area contributed by atoms with Crippen molar-refractivity contribution in [1.29, 1.82) is 5.26 Å². The molecule has 0 heterocycles. The van der Waals surface area contributed by atoms with Gasteiger partial charge in [-0.05, 0) is 36.2 Å². The van der Waals surface area contributed by atoms with E-state index >= 15 is 0 Å². The summed E-state index contributed by atoms with van der Waals surface area (Å²) in [5.41, 5.74) is 3.35. The average molecular weight is 280 g/mol. The maximum atomic E-state index is 10.9. The third-order valence-corrected chi connectivity index (χ3v) is 3.34. The lowest BCUT2D eigenvalue weighted by molar-refractivity contribution is -0.138. The van der Waals surface area contributed by atoms with Crippen LogP contribution in [0.1, 0.15) is 29.5 Å². The lowest BCUT2D eigenvalue weighted by Crippen LogP contribution is -2.07. The summed E-state index contributed by atoms with van der Waals surface area (Å²) < 4.78 is 0. The molecule has 1 unspecified atom stereocenters. The molecule has 4 nitrogen and oxygen atoms in total. The van der Waals surface area contributed by atoms with Crippen LogP contribution in [0.2, 0.25) is 0 Å². The minimum Gasteiger partial charge on any atom is -0.481 e. The van der Waals surface area contributed by atoms with Crippen LogP contribution < -0.4 is 5.32 Å². The molecule has 0 saturated heterocycles. The van der Waals surface area contributed by atoms with Crippen LogP contribution in [0.3, 0.4) is 0 Å². The molecule has 0 aliphatic heterocycles. The monoisotopic (exact) mass is 280 g/mol. The lowest BCUT2D eigenvalue weighted by atomic mass is 10.00. The van der Waals surface area contributed by atoms with Crippen LogP contribution in [0.25, 0.3) is 0 Å². The zero-order chi connectivity index (χ0) is 15.2. The Bertz CT molecular complexity index is 672. The summed E-state index contributed by atoms with van der Waals surface area (Å²) in [6, 6.07) is 16.9. The van der Waals surface area contributed by atoms with E-state index in [1.165, 1.54) is 0 Å². The molecule has 1 atom stereocenters. The first-order valence-corrected chi connectivity index (χ1v) is 6.66. The van der Waals surface area contributed by atoms with Crippen molar-refractivity contribution >= 4 is 11.7 Å². The van der Waals surface area contributed by atoms with Gasteiger partial charge in [-0.15, -0.1) is 0 Å². The molecule has 0 saturated carbocycles. The molecule has 2 N–H and O–H groups in total. The van der Waals surface area contributed by atoms with Crippen molar-refractivity contribution in [2.45, 2.75) is 19.4 Å². The van der Waals surface area contributed by atoms with Gasteiger partial charge in [0.25, 0.3) is 0 Å². The number of rotatable bonds is 5. The van der Waals surface area contributed by atoms with E-state index in [9.17, 15) is 4.79 Å². The smallest absolute Gasteiger partial charge is 0.310 e. The second-order valence-corrected chi connectivity index (χ2v) is 4.85. The minimum atomic E-state index is -0.825. The van der Waals surface area contributed by atoms with Gasteiger partial charge < -0.3 is 10.4 Å². The van der Waals surface area contributed by atoms with E-state index in [-0.39, 0.29) is 0 Å². The number of nitrogens with zero attached hydrogens (tertiary/aromatic N) is 1. The summed E-state index contributed by atoms with van der Waals surface area (Å²) in [5, 5.41) is 21.1. The van der Waals surface area contributed by atoms with Crippen molar-refractivity contribution < 1.29 is 9.90 Å². The Balaban J connectivity index is 2.01. The van der Waals surface area contributed by atoms with Crippen LogP contribution in [0, 0.1) is 11.3 Å². The van der Waals surface area contributed by atoms with E-state index < -0.39 is 11.9 Å². The molecule has 2 rings (SSSR count). The molecule has 0 fully saturated rings. The number of aliphatic carboxylic acids is 1. The van der Waals surface area contributed by atoms with Crippen molar-refractivity contribution in [3.8, 4) is 6.07 Å². The van der Waals surface area contributed by atoms with Crippen LogP contribution in [0.5, 0.6) is 0 Å². The molecule has 2 aromatic carbocycles. The molecule has 0 spiro atoms. The van der Waals surface area contributed by atoms with E-state index in [0.717, 1.165) is 16.8 Å². The van der Waals surface area contributed by atoms with Crippen LogP contribution in [-0.4, -0.2) is 11.1 Å². The molecule has 0 aromatic heterocycles. The standard InChI is InChI=1S/C17H16N2O2/c1-12(17(20)21)15-7-5-13(6-8-15)11-19-16-4-2-3-14(9-16)10-18/h2-9,12,19H,11H2,1H3,(H,20,21). The van der Waals surface area contributed by atoms with E-state index in [1.807, 2.05) is 36.4 Å². The number of hydrogen-bond donors (Lipinski definition) is 2. The summed E-state index contributed by atoms with van der Waals surface area (Å²) in [6.45, 7) is 2.29. The highest BCUT2D eigenvalue weighted by Crippen LogP contribution is 2.17. The number of nitrogens with one attached hydrogen (secondary N) is 1. The highest BCUT2D eigenvalue weighted by molar-refractivity contribution is 5.75. The summed E-state index contributed by atoms with van der Waals surface area (Å²) in [4.78, 5) is 10.9. The molecule has 0 aliphatic carbocycles. The Hall–Kier alpha value is -2.80. The zero-order valence-corrected chi connectivity index (χ0v) is 11.7. The number of hydrogen-bond acceptors (Lipinski definition) is 3. The van der Waals surface area contributed by atoms with Gasteiger partial charge in [0, 0.05) is 12.2 Å². The number of carboxylic acid groups (broad SMARTS) is 1. The van der Waals surface area contributed by atoms with Gasteiger partial charge in [0.1, 0.15) is 0 Å². The molecule has 2 aromatic rings. The van der Waals surface area contributed by atoms with Crippen LogP contribution in [-0.2, 0) is 11.3 Å². The largest absolute Gasteiger partial charge is 0.481 e. The summed E-state index contributed by atoms with van der Waals surface area (Å²) in [7, 11) is 0. The predicted octanol–water partition coefficient (Wildman–Crippen LogP) is 3.36. The predicted molar refractivity (Wildman–Crippen MR) is 81.0 cm³/mol. The normalized spacial score (nSPS) is 11.4. The fourth-order valence-corrected chi connectivity index (χ4v) is 1.97. The van der Waals surface area contributed by atoms with E-state index in [0.29, 0.717) is 12.1 Å². The number of benzene rings is 2. The second-order valence-electron chi connectivity index (χ2n) is 4.85. The molecular formula is C17H16N2O2. The number of nitriles is 1. The SMILES string of the molecule is CC(C(=O)O)c1ccc(CNc2cccc(C#N)c2)cc1. The Morgan fingerprint density at radius 2 is 2.00 bits per heavy atom. The van der Waals surface area contributed by atoms with Gasteiger partial charge in [-0.3, -0.25) is 4.79 Å². The Labute approximate surface area is 123 Å². The number of carbonyl (C=O) groups is 1. The van der Waals surface area contributed by atoms with Gasteiger partial charge in [0.2, 0.25) is 0 Å². The highest BCUT2D eigenvalue weighted by atomic mass is 16.4. The molecule has 21 heavy (non-hydrogen) atoms. The van der Waals surface area contributed by atoms with Crippen molar-refractivity contribution in [1.82, 2.24) is 0 Å².